The summed E-state index contributed by atoms with van der Waals surface area (Å²) < 4.78 is 5.47. The van der Waals surface area contributed by atoms with Gasteiger partial charge in [-0.05, 0) is 13.0 Å². The highest BCUT2D eigenvalue weighted by Crippen LogP contribution is 2.18. The summed E-state index contributed by atoms with van der Waals surface area (Å²) in [4.78, 5) is 3.87. The molecule has 2 heterocycles. The van der Waals surface area contributed by atoms with E-state index in [1.54, 1.807) is 6.07 Å². The Balaban J connectivity index is 1.99. The predicted octanol–water partition coefficient (Wildman–Crippen LogP) is 1.35. The number of ether oxygens (including phenoxy) is 1. The molecule has 1 N–H and O–H groups in total. The van der Waals surface area contributed by atoms with Crippen LogP contribution >= 0.6 is 11.6 Å². The molecule has 78 valence electrons. The Morgan fingerprint density at radius 3 is 3.13 bits per heavy atom. The molecule has 0 spiro atoms. The molecule has 0 aromatic carbocycles. The van der Waals surface area contributed by atoms with Gasteiger partial charge < -0.3 is 10.1 Å². The first kappa shape index (κ1) is 10.2. The maximum absolute atomic E-state index is 8.74. The zero-order valence-corrected chi connectivity index (χ0v) is 8.79. The molecule has 0 amide bonds. The summed E-state index contributed by atoms with van der Waals surface area (Å²) in [5.41, 5.74) is 0.343. The number of hydrogen-bond acceptors (Lipinski definition) is 4. The average molecular weight is 224 g/mol. The molecule has 4 nitrogen and oxygen atoms in total. The third-order valence-corrected chi connectivity index (χ3v) is 2.61. The van der Waals surface area contributed by atoms with Crippen molar-refractivity contribution in [3.8, 4) is 11.8 Å². The van der Waals surface area contributed by atoms with E-state index in [-0.39, 0.29) is 5.15 Å². The number of rotatable bonds is 3. The van der Waals surface area contributed by atoms with E-state index in [2.05, 4.69) is 10.3 Å². The molecular weight excluding hydrogens is 214 g/mol. The van der Waals surface area contributed by atoms with Crippen LogP contribution < -0.4 is 10.1 Å². The standard InChI is InChI=1S/C10H10ClN3O/c11-10-7(4-12)3-9(5-14-10)15-6-8-1-2-13-8/h3,5,8,13H,1-2,6H2. The molecular formula is C10H10ClN3O. The average Bonchev–Trinajstić information content (AvgIpc) is 2.18. The molecule has 5 heteroatoms. The lowest BCUT2D eigenvalue weighted by Crippen LogP contribution is -2.46. The Hall–Kier alpha value is -1.31. The first-order valence-electron chi connectivity index (χ1n) is 4.71. The van der Waals surface area contributed by atoms with Crippen molar-refractivity contribution in [2.75, 3.05) is 13.2 Å². The largest absolute Gasteiger partial charge is 0.490 e. The number of aromatic nitrogens is 1. The Kier molecular flexibility index (Phi) is 3.05. The van der Waals surface area contributed by atoms with Crippen LogP contribution in [0.3, 0.4) is 0 Å². The maximum Gasteiger partial charge on any atom is 0.147 e. The summed E-state index contributed by atoms with van der Waals surface area (Å²) in [5.74, 6) is 0.588. The van der Waals surface area contributed by atoms with Crippen LogP contribution in [0.5, 0.6) is 5.75 Å². The molecule has 1 fully saturated rings. The van der Waals surface area contributed by atoms with Crippen LogP contribution in [0.4, 0.5) is 0 Å². The second-order valence-corrected chi connectivity index (χ2v) is 3.73. The first-order chi connectivity index (χ1) is 7.29. The summed E-state index contributed by atoms with van der Waals surface area (Å²) in [7, 11) is 0. The number of pyridine rings is 1. The fourth-order valence-corrected chi connectivity index (χ4v) is 1.42. The van der Waals surface area contributed by atoms with Crippen molar-refractivity contribution in [1.29, 1.82) is 5.26 Å². The van der Waals surface area contributed by atoms with Crippen LogP contribution in [0.2, 0.25) is 5.15 Å². The van der Waals surface area contributed by atoms with Crippen molar-refractivity contribution < 1.29 is 4.74 Å². The molecule has 0 radical (unpaired) electrons. The third kappa shape index (κ3) is 2.38. The third-order valence-electron chi connectivity index (χ3n) is 2.31. The number of halogens is 1. The van der Waals surface area contributed by atoms with E-state index in [0.717, 1.165) is 13.0 Å². The van der Waals surface area contributed by atoms with Gasteiger partial charge in [-0.25, -0.2) is 4.98 Å². The monoisotopic (exact) mass is 223 g/mol. The number of hydrogen-bond donors (Lipinski definition) is 1. The van der Waals surface area contributed by atoms with Gasteiger partial charge in [0.15, 0.2) is 0 Å². The Morgan fingerprint density at radius 2 is 2.53 bits per heavy atom. The first-order valence-corrected chi connectivity index (χ1v) is 5.09. The molecule has 0 aliphatic carbocycles. The van der Waals surface area contributed by atoms with Gasteiger partial charge in [-0.3, -0.25) is 0 Å². The minimum Gasteiger partial charge on any atom is -0.490 e. The van der Waals surface area contributed by atoms with Gasteiger partial charge in [0.1, 0.15) is 23.6 Å². The van der Waals surface area contributed by atoms with Crippen LogP contribution in [0.15, 0.2) is 12.3 Å². The zero-order valence-electron chi connectivity index (χ0n) is 8.03. The van der Waals surface area contributed by atoms with Crippen LogP contribution in [0, 0.1) is 11.3 Å². The van der Waals surface area contributed by atoms with Crippen molar-refractivity contribution in [2.24, 2.45) is 0 Å². The molecule has 1 aliphatic heterocycles. The highest BCUT2D eigenvalue weighted by molar-refractivity contribution is 6.30. The maximum atomic E-state index is 8.74. The number of nitriles is 1. The fraction of sp³-hybridized carbons (Fsp3) is 0.400. The predicted molar refractivity (Wildman–Crippen MR) is 55.9 cm³/mol. The Morgan fingerprint density at radius 1 is 1.73 bits per heavy atom. The van der Waals surface area contributed by atoms with E-state index >= 15 is 0 Å². The normalized spacial score (nSPS) is 19.1. The van der Waals surface area contributed by atoms with E-state index in [9.17, 15) is 0 Å². The summed E-state index contributed by atoms with van der Waals surface area (Å²) in [6.07, 6.45) is 2.66. The summed E-state index contributed by atoms with van der Waals surface area (Å²) in [6.45, 7) is 1.66. The smallest absolute Gasteiger partial charge is 0.147 e. The quantitative estimate of drug-likeness (QED) is 0.786. The van der Waals surface area contributed by atoms with Crippen molar-refractivity contribution in [3.63, 3.8) is 0 Å². The van der Waals surface area contributed by atoms with Gasteiger partial charge in [0.25, 0.3) is 0 Å². The highest BCUT2D eigenvalue weighted by atomic mass is 35.5. The molecule has 1 aromatic heterocycles. The topological polar surface area (TPSA) is 57.9 Å². The summed E-state index contributed by atoms with van der Waals surface area (Å²) in [6, 6.07) is 3.99. The molecule has 1 aliphatic rings. The number of nitrogens with one attached hydrogen (secondary N) is 1. The molecule has 15 heavy (non-hydrogen) atoms. The Labute approximate surface area is 92.8 Å². The van der Waals surface area contributed by atoms with E-state index in [1.165, 1.54) is 6.20 Å². The van der Waals surface area contributed by atoms with Crippen LogP contribution in [-0.4, -0.2) is 24.2 Å². The van der Waals surface area contributed by atoms with E-state index in [0.29, 0.717) is 24.0 Å². The van der Waals surface area contributed by atoms with Crippen LogP contribution in [-0.2, 0) is 0 Å². The highest BCUT2D eigenvalue weighted by Gasteiger charge is 2.16. The number of nitrogens with zero attached hydrogens (tertiary/aromatic N) is 2. The van der Waals surface area contributed by atoms with Crippen molar-refractivity contribution in [1.82, 2.24) is 10.3 Å². The van der Waals surface area contributed by atoms with Gasteiger partial charge in [-0.15, -0.1) is 0 Å². The summed E-state index contributed by atoms with van der Waals surface area (Å²) in [5, 5.41) is 12.2. The molecule has 1 unspecified atom stereocenters. The van der Waals surface area contributed by atoms with Crippen molar-refractivity contribution >= 4 is 11.6 Å². The van der Waals surface area contributed by atoms with Crippen molar-refractivity contribution in [3.05, 3.63) is 23.0 Å². The van der Waals surface area contributed by atoms with E-state index in [1.807, 2.05) is 6.07 Å². The molecule has 0 saturated carbocycles. The lowest BCUT2D eigenvalue weighted by Gasteiger charge is -2.27. The van der Waals surface area contributed by atoms with Gasteiger partial charge in [-0.1, -0.05) is 11.6 Å². The molecule has 0 bridgehead atoms. The summed E-state index contributed by atoms with van der Waals surface area (Å²) >= 11 is 5.70. The molecule has 1 aromatic rings. The lowest BCUT2D eigenvalue weighted by molar-refractivity contribution is 0.217. The SMILES string of the molecule is N#Cc1cc(OCC2CCN2)cnc1Cl. The minimum atomic E-state index is 0.214. The molecule has 1 atom stereocenters. The second-order valence-electron chi connectivity index (χ2n) is 3.37. The van der Waals surface area contributed by atoms with Gasteiger partial charge >= 0.3 is 0 Å². The van der Waals surface area contributed by atoms with Gasteiger partial charge in [0.2, 0.25) is 0 Å². The van der Waals surface area contributed by atoms with Gasteiger partial charge in [-0.2, -0.15) is 5.26 Å². The minimum absolute atomic E-state index is 0.214. The molecule has 1 saturated heterocycles. The van der Waals surface area contributed by atoms with Gasteiger partial charge in [0, 0.05) is 12.1 Å². The van der Waals surface area contributed by atoms with Crippen LogP contribution in [0.25, 0.3) is 0 Å². The lowest BCUT2D eigenvalue weighted by atomic mass is 10.1. The van der Waals surface area contributed by atoms with Crippen LogP contribution in [0.1, 0.15) is 12.0 Å². The second kappa shape index (κ2) is 4.47. The zero-order chi connectivity index (χ0) is 10.7. The fourth-order valence-electron chi connectivity index (χ4n) is 1.27. The van der Waals surface area contributed by atoms with Crippen molar-refractivity contribution in [2.45, 2.75) is 12.5 Å². The van der Waals surface area contributed by atoms with E-state index in [4.69, 9.17) is 21.6 Å². The Bertz CT molecular complexity index is 398. The van der Waals surface area contributed by atoms with E-state index < -0.39 is 0 Å². The molecule has 2 rings (SSSR count). The van der Waals surface area contributed by atoms with Gasteiger partial charge in [0.05, 0.1) is 11.8 Å².